The molecule has 0 fully saturated rings. The minimum Gasteiger partial charge on any atom is -0.494 e. The molecule has 0 radical (unpaired) electrons. The average molecular weight is 276 g/mol. The molecule has 0 saturated heterocycles. The van der Waals surface area contributed by atoms with Crippen LogP contribution in [0.1, 0.15) is 75.6 Å². The molecule has 0 aliphatic rings. The van der Waals surface area contributed by atoms with E-state index in [0.717, 1.165) is 17.7 Å². The first-order chi connectivity index (χ1) is 9.77. The van der Waals surface area contributed by atoms with Gasteiger partial charge < -0.3 is 4.74 Å². The van der Waals surface area contributed by atoms with Gasteiger partial charge in [0, 0.05) is 12.0 Å². The maximum absolute atomic E-state index is 12.0. The Morgan fingerprint density at radius 2 is 1.50 bits per heavy atom. The third-order valence-electron chi connectivity index (χ3n) is 3.49. The highest BCUT2D eigenvalue weighted by molar-refractivity contribution is 5.96. The maximum atomic E-state index is 12.0. The van der Waals surface area contributed by atoms with Crippen molar-refractivity contribution in [2.45, 2.75) is 65.2 Å². The molecule has 0 atom stereocenters. The van der Waals surface area contributed by atoms with Crippen LogP contribution in [-0.2, 0) is 0 Å². The van der Waals surface area contributed by atoms with Crippen LogP contribution >= 0.6 is 0 Å². The summed E-state index contributed by atoms with van der Waals surface area (Å²) < 4.78 is 5.37. The molecule has 0 saturated carbocycles. The van der Waals surface area contributed by atoms with E-state index in [0.29, 0.717) is 13.0 Å². The number of hydrogen-bond donors (Lipinski definition) is 0. The average Bonchev–Trinajstić information content (AvgIpc) is 2.47. The minimum absolute atomic E-state index is 0.251. The molecular formula is C18H28O2. The third kappa shape index (κ3) is 6.74. The van der Waals surface area contributed by atoms with Gasteiger partial charge in [0.2, 0.25) is 0 Å². The Bertz CT molecular complexity index is 368. The lowest BCUT2D eigenvalue weighted by atomic mass is 10.0. The summed E-state index contributed by atoms with van der Waals surface area (Å²) in [7, 11) is 0. The van der Waals surface area contributed by atoms with Crippen LogP contribution in [0.15, 0.2) is 24.3 Å². The van der Waals surface area contributed by atoms with Crippen LogP contribution in [0.5, 0.6) is 5.75 Å². The van der Waals surface area contributed by atoms with Gasteiger partial charge in [0.1, 0.15) is 5.75 Å². The van der Waals surface area contributed by atoms with Crippen molar-refractivity contribution in [2.75, 3.05) is 6.61 Å². The fourth-order valence-corrected chi connectivity index (χ4v) is 2.29. The molecule has 0 aliphatic carbocycles. The molecule has 0 unspecified atom stereocenters. The van der Waals surface area contributed by atoms with Crippen LogP contribution in [0.2, 0.25) is 0 Å². The fourth-order valence-electron chi connectivity index (χ4n) is 2.29. The third-order valence-corrected chi connectivity index (χ3v) is 3.49. The van der Waals surface area contributed by atoms with Crippen molar-refractivity contribution in [3.8, 4) is 5.75 Å². The summed E-state index contributed by atoms with van der Waals surface area (Å²) in [4.78, 5) is 12.0. The van der Waals surface area contributed by atoms with Crippen LogP contribution in [0.25, 0.3) is 0 Å². The van der Waals surface area contributed by atoms with Crippen molar-refractivity contribution >= 4 is 5.78 Å². The van der Waals surface area contributed by atoms with E-state index in [9.17, 15) is 4.79 Å². The second kappa shape index (κ2) is 10.5. The van der Waals surface area contributed by atoms with Gasteiger partial charge in [-0.05, 0) is 37.6 Å². The standard InChI is InChI=1S/C18H28O2/c1-3-5-6-7-8-9-10-11-18(19)16-12-14-17(15-13-16)20-4-2/h12-15H,3-11H2,1-2H3. The van der Waals surface area contributed by atoms with Crippen LogP contribution < -0.4 is 4.74 Å². The number of hydrogen-bond acceptors (Lipinski definition) is 2. The Balaban J connectivity index is 2.18. The Morgan fingerprint density at radius 3 is 2.10 bits per heavy atom. The van der Waals surface area contributed by atoms with Gasteiger partial charge in [0.25, 0.3) is 0 Å². The van der Waals surface area contributed by atoms with Gasteiger partial charge in [-0.2, -0.15) is 0 Å². The molecule has 0 aliphatic heterocycles. The summed E-state index contributed by atoms with van der Waals surface area (Å²) in [6.45, 7) is 4.85. The van der Waals surface area contributed by atoms with E-state index in [1.807, 2.05) is 31.2 Å². The first kappa shape index (κ1) is 16.7. The van der Waals surface area contributed by atoms with Gasteiger partial charge in [0.05, 0.1) is 6.61 Å². The summed E-state index contributed by atoms with van der Waals surface area (Å²) in [5.41, 5.74) is 0.805. The van der Waals surface area contributed by atoms with Crippen LogP contribution in [0, 0.1) is 0 Å². The quantitative estimate of drug-likeness (QED) is 0.399. The lowest BCUT2D eigenvalue weighted by Crippen LogP contribution is -1.99. The van der Waals surface area contributed by atoms with E-state index in [1.54, 1.807) is 0 Å². The number of benzene rings is 1. The maximum Gasteiger partial charge on any atom is 0.162 e. The van der Waals surface area contributed by atoms with Gasteiger partial charge in [-0.25, -0.2) is 0 Å². The van der Waals surface area contributed by atoms with Crippen molar-refractivity contribution < 1.29 is 9.53 Å². The number of unbranched alkanes of at least 4 members (excludes halogenated alkanes) is 6. The van der Waals surface area contributed by atoms with Crippen LogP contribution in [0.4, 0.5) is 0 Å². The monoisotopic (exact) mass is 276 g/mol. The van der Waals surface area contributed by atoms with Crippen molar-refractivity contribution in [3.63, 3.8) is 0 Å². The zero-order valence-corrected chi connectivity index (χ0v) is 13.0. The van der Waals surface area contributed by atoms with E-state index in [-0.39, 0.29) is 5.78 Å². The number of carbonyl (C=O) groups is 1. The highest BCUT2D eigenvalue weighted by atomic mass is 16.5. The summed E-state index contributed by atoms with van der Waals surface area (Å²) in [6, 6.07) is 7.49. The molecule has 0 heterocycles. The SMILES string of the molecule is CCCCCCCCCC(=O)c1ccc(OCC)cc1. The molecule has 112 valence electrons. The van der Waals surface area contributed by atoms with E-state index in [2.05, 4.69) is 6.92 Å². The Morgan fingerprint density at radius 1 is 0.900 bits per heavy atom. The molecular weight excluding hydrogens is 248 g/mol. The Hall–Kier alpha value is -1.31. The number of Topliss-reactive ketones (excluding diaryl/α,β-unsaturated/α-hetero) is 1. The van der Waals surface area contributed by atoms with Crippen molar-refractivity contribution in [3.05, 3.63) is 29.8 Å². The Kier molecular flexibility index (Phi) is 8.77. The molecule has 1 aromatic rings. The predicted octanol–water partition coefficient (Wildman–Crippen LogP) is 5.41. The normalized spacial score (nSPS) is 10.5. The second-order valence-electron chi connectivity index (χ2n) is 5.25. The van der Waals surface area contributed by atoms with E-state index in [4.69, 9.17) is 4.74 Å². The zero-order valence-electron chi connectivity index (χ0n) is 13.0. The summed E-state index contributed by atoms with van der Waals surface area (Å²) in [6.07, 6.45) is 9.39. The molecule has 0 aromatic heterocycles. The lowest BCUT2D eigenvalue weighted by molar-refractivity contribution is 0.0979. The summed E-state index contributed by atoms with van der Waals surface area (Å²) >= 11 is 0. The van der Waals surface area contributed by atoms with Crippen molar-refractivity contribution in [1.29, 1.82) is 0 Å². The van der Waals surface area contributed by atoms with E-state index in [1.165, 1.54) is 38.5 Å². The largest absolute Gasteiger partial charge is 0.494 e. The summed E-state index contributed by atoms with van der Waals surface area (Å²) in [5.74, 6) is 1.08. The van der Waals surface area contributed by atoms with E-state index < -0.39 is 0 Å². The molecule has 2 heteroatoms. The van der Waals surface area contributed by atoms with Gasteiger partial charge in [-0.15, -0.1) is 0 Å². The van der Waals surface area contributed by atoms with Crippen LogP contribution in [-0.4, -0.2) is 12.4 Å². The van der Waals surface area contributed by atoms with Crippen LogP contribution in [0.3, 0.4) is 0 Å². The zero-order chi connectivity index (χ0) is 14.6. The number of rotatable bonds is 11. The number of carbonyl (C=O) groups excluding carboxylic acids is 1. The highest BCUT2D eigenvalue weighted by Crippen LogP contribution is 2.15. The molecule has 0 N–H and O–H groups in total. The first-order valence-electron chi connectivity index (χ1n) is 8.04. The second-order valence-corrected chi connectivity index (χ2v) is 5.25. The molecule has 0 spiro atoms. The summed E-state index contributed by atoms with van der Waals surface area (Å²) in [5, 5.41) is 0. The van der Waals surface area contributed by atoms with Gasteiger partial charge >= 0.3 is 0 Å². The molecule has 0 bridgehead atoms. The van der Waals surface area contributed by atoms with Crippen molar-refractivity contribution in [2.24, 2.45) is 0 Å². The molecule has 1 aromatic carbocycles. The Labute approximate surface area is 123 Å². The van der Waals surface area contributed by atoms with Gasteiger partial charge in [-0.1, -0.05) is 45.4 Å². The van der Waals surface area contributed by atoms with Gasteiger partial charge in [0.15, 0.2) is 5.78 Å². The molecule has 20 heavy (non-hydrogen) atoms. The predicted molar refractivity (Wildman–Crippen MR) is 84.6 cm³/mol. The highest BCUT2D eigenvalue weighted by Gasteiger charge is 2.05. The van der Waals surface area contributed by atoms with Gasteiger partial charge in [-0.3, -0.25) is 4.79 Å². The molecule has 2 nitrogen and oxygen atoms in total. The molecule has 1 rings (SSSR count). The first-order valence-corrected chi connectivity index (χ1v) is 8.04. The fraction of sp³-hybridized carbons (Fsp3) is 0.611. The number of ether oxygens (including phenoxy) is 1. The topological polar surface area (TPSA) is 26.3 Å². The molecule has 0 amide bonds. The lowest BCUT2D eigenvalue weighted by Gasteiger charge is -2.05. The minimum atomic E-state index is 0.251. The van der Waals surface area contributed by atoms with E-state index >= 15 is 0 Å². The number of ketones is 1. The smallest absolute Gasteiger partial charge is 0.162 e. The van der Waals surface area contributed by atoms with Crippen molar-refractivity contribution in [1.82, 2.24) is 0 Å².